The van der Waals surface area contributed by atoms with E-state index in [-0.39, 0.29) is 17.8 Å². The van der Waals surface area contributed by atoms with E-state index in [1.807, 2.05) is 23.1 Å². The number of nitrogens with zero attached hydrogens (tertiary/aromatic N) is 4. The monoisotopic (exact) mass is 349 g/mol. The van der Waals surface area contributed by atoms with Crippen molar-refractivity contribution in [1.82, 2.24) is 24.5 Å². The van der Waals surface area contributed by atoms with Gasteiger partial charge in [-0.15, -0.1) is 0 Å². The van der Waals surface area contributed by atoms with E-state index in [1.54, 1.807) is 22.8 Å². The van der Waals surface area contributed by atoms with Crippen molar-refractivity contribution in [3.05, 3.63) is 66.0 Å². The summed E-state index contributed by atoms with van der Waals surface area (Å²) in [4.78, 5) is 22.8. The third-order valence-electron chi connectivity index (χ3n) is 4.93. The van der Waals surface area contributed by atoms with Gasteiger partial charge >= 0.3 is 0 Å². The van der Waals surface area contributed by atoms with E-state index < -0.39 is 0 Å². The van der Waals surface area contributed by atoms with Gasteiger partial charge in [-0.2, -0.15) is 5.10 Å². The molecule has 1 amide bonds. The molecule has 0 aliphatic carbocycles. The van der Waals surface area contributed by atoms with Gasteiger partial charge in [0.05, 0.1) is 28.8 Å². The highest BCUT2D eigenvalue weighted by Crippen LogP contribution is 2.32. The number of likely N-dealkylation sites (tertiary alicyclic amines) is 1. The zero-order valence-corrected chi connectivity index (χ0v) is 13.9. The molecule has 1 aliphatic heterocycles. The number of aromatic nitrogens is 4. The lowest BCUT2D eigenvalue weighted by Gasteiger charge is -2.23. The summed E-state index contributed by atoms with van der Waals surface area (Å²) in [7, 11) is 0. The van der Waals surface area contributed by atoms with E-state index in [2.05, 4.69) is 15.1 Å². The first kappa shape index (κ1) is 15.1. The first-order valence-electron chi connectivity index (χ1n) is 8.59. The molecule has 7 heteroatoms. The number of aromatic amines is 1. The van der Waals surface area contributed by atoms with Gasteiger partial charge in [0.25, 0.3) is 5.91 Å². The summed E-state index contributed by atoms with van der Waals surface area (Å²) in [5.74, 6) is 0.315. The van der Waals surface area contributed by atoms with E-state index >= 15 is 0 Å². The van der Waals surface area contributed by atoms with Crippen molar-refractivity contribution in [3.63, 3.8) is 0 Å². The van der Waals surface area contributed by atoms with Crippen molar-refractivity contribution >= 4 is 22.5 Å². The summed E-state index contributed by atoms with van der Waals surface area (Å²) in [5.41, 5.74) is 2.76. The molecule has 1 aliphatic rings. The number of benzene rings is 1. The van der Waals surface area contributed by atoms with E-state index in [9.17, 15) is 9.18 Å². The highest BCUT2D eigenvalue weighted by molar-refractivity contribution is 5.93. The molecule has 5 rings (SSSR count). The quantitative estimate of drug-likeness (QED) is 0.604. The molecule has 0 unspecified atom stereocenters. The number of carbonyl (C=O) groups excluding carboxylic acids is 1. The number of amides is 1. The Morgan fingerprint density at radius 2 is 2.15 bits per heavy atom. The summed E-state index contributed by atoms with van der Waals surface area (Å²) in [6.45, 7) is 0.659. The van der Waals surface area contributed by atoms with Crippen LogP contribution in [0.3, 0.4) is 0 Å². The van der Waals surface area contributed by atoms with Crippen molar-refractivity contribution < 1.29 is 9.18 Å². The van der Waals surface area contributed by atoms with Gasteiger partial charge < -0.3 is 9.88 Å². The molecule has 4 aromatic rings. The minimum atomic E-state index is -0.308. The highest BCUT2D eigenvalue weighted by atomic mass is 19.1. The predicted molar refractivity (Wildman–Crippen MR) is 94.3 cm³/mol. The summed E-state index contributed by atoms with van der Waals surface area (Å²) < 4.78 is 15.1. The van der Waals surface area contributed by atoms with Crippen LogP contribution in [0.1, 0.15) is 35.2 Å². The lowest BCUT2D eigenvalue weighted by molar-refractivity contribution is 0.0721. The molecule has 130 valence electrons. The maximum Gasteiger partial charge on any atom is 0.273 e. The average Bonchev–Trinajstić information content (AvgIpc) is 3.37. The number of halogens is 1. The molecule has 4 heterocycles. The zero-order chi connectivity index (χ0) is 17.7. The normalized spacial score (nSPS) is 17.4. The Labute approximate surface area is 148 Å². The van der Waals surface area contributed by atoms with Crippen LogP contribution in [0.2, 0.25) is 0 Å². The maximum atomic E-state index is 13.4. The fourth-order valence-electron chi connectivity index (χ4n) is 3.71. The first-order chi connectivity index (χ1) is 12.7. The SMILES string of the molecule is O=C(c1cccc2ccnn12)N1CCC[C@@H]1c1nc2ccc(F)cc2[nH]1. The smallest absolute Gasteiger partial charge is 0.273 e. The van der Waals surface area contributed by atoms with Crippen LogP contribution in [0.25, 0.3) is 16.6 Å². The Morgan fingerprint density at radius 3 is 3.08 bits per heavy atom. The van der Waals surface area contributed by atoms with Crippen LogP contribution in [-0.2, 0) is 0 Å². The van der Waals surface area contributed by atoms with Gasteiger partial charge in [-0.25, -0.2) is 13.9 Å². The molecular weight excluding hydrogens is 333 g/mol. The summed E-state index contributed by atoms with van der Waals surface area (Å²) in [6, 6.07) is 11.7. The van der Waals surface area contributed by atoms with Gasteiger partial charge in [0.2, 0.25) is 0 Å². The number of H-pyrrole nitrogens is 1. The number of nitrogens with one attached hydrogen (secondary N) is 1. The number of hydrogen-bond acceptors (Lipinski definition) is 3. The van der Waals surface area contributed by atoms with Gasteiger partial charge in [0.1, 0.15) is 17.3 Å². The molecule has 0 saturated carbocycles. The molecule has 1 N–H and O–H groups in total. The molecule has 0 radical (unpaired) electrons. The van der Waals surface area contributed by atoms with E-state index in [1.165, 1.54) is 12.1 Å². The molecule has 1 aromatic carbocycles. The fourth-order valence-corrected chi connectivity index (χ4v) is 3.71. The molecule has 0 bridgehead atoms. The van der Waals surface area contributed by atoms with E-state index in [0.717, 1.165) is 18.4 Å². The minimum absolute atomic E-state index is 0.0755. The van der Waals surface area contributed by atoms with Crippen LogP contribution in [0.5, 0.6) is 0 Å². The second-order valence-electron chi connectivity index (χ2n) is 6.52. The molecule has 6 nitrogen and oxygen atoms in total. The van der Waals surface area contributed by atoms with Crippen molar-refractivity contribution in [2.24, 2.45) is 0 Å². The summed E-state index contributed by atoms with van der Waals surface area (Å²) in [6.07, 6.45) is 3.40. The maximum absolute atomic E-state index is 13.4. The van der Waals surface area contributed by atoms with Gasteiger partial charge in [0, 0.05) is 6.54 Å². The Bertz CT molecular complexity index is 1130. The highest BCUT2D eigenvalue weighted by Gasteiger charge is 2.33. The van der Waals surface area contributed by atoms with Crippen LogP contribution in [0, 0.1) is 5.82 Å². The largest absolute Gasteiger partial charge is 0.340 e. The topological polar surface area (TPSA) is 66.3 Å². The molecule has 0 spiro atoms. The third kappa shape index (κ3) is 2.28. The van der Waals surface area contributed by atoms with Crippen molar-refractivity contribution in [3.8, 4) is 0 Å². The van der Waals surface area contributed by atoms with E-state index in [0.29, 0.717) is 29.1 Å². The Balaban J connectivity index is 1.53. The van der Waals surface area contributed by atoms with Crippen LogP contribution in [-0.4, -0.2) is 36.9 Å². The lowest BCUT2D eigenvalue weighted by Crippen LogP contribution is -2.32. The molecule has 1 saturated heterocycles. The minimum Gasteiger partial charge on any atom is -0.340 e. The molecule has 3 aromatic heterocycles. The molecule has 26 heavy (non-hydrogen) atoms. The summed E-state index contributed by atoms with van der Waals surface area (Å²) in [5, 5.41) is 4.26. The lowest BCUT2D eigenvalue weighted by atomic mass is 10.2. The molecular formula is C19H16FN5O. The number of rotatable bonds is 2. The number of imidazole rings is 1. The van der Waals surface area contributed by atoms with Crippen molar-refractivity contribution in [1.29, 1.82) is 0 Å². The van der Waals surface area contributed by atoms with Crippen molar-refractivity contribution in [2.75, 3.05) is 6.54 Å². The van der Waals surface area contributed by atoms with E-state index in [4.69, 9.17) is 0 Å². The second-order valence-corrected chi connectivity index (χ2v) is 6.52. The second kappa shape index (κ2) is 5.66. The predicted octanol–water partition coefficient (Wildman–Crippen LogP) is 3.33. The third-order valence-corrected chi connectivity index (χ3v) is 4.93. The van der Waals surface area contributed by atoms with Gasteiger partial charge in [-0.3, -0.25) is 4.79 Å². The van der Waals surface area contributed by atoms with Crippen LogP contribution < -0.4 is 0 Å². The fraction of sp³-hybridized carbons (Fsp3) is 0.211. The van der Waals surface area contributed by atoms with Crippen molar-refractivity contribution in [2.45, 2.75) is 18.9 Å². The standard InChI is InChI=1S/C19H16FN5O/c20-12-6-7-14-15(11-12)23-18(22-14)16-5-2-10-24(16)19(26)17-4-1-3-13-8-9-21-25(13)17/h1,3-4,6-9,11,16H,2,5,10H2,(H,22,23)/t16-/m1/s1. The van der Waals surface area contributed by atoms with Gasteiger partial charge in [-0.05, 0) is 49.2 Å². The Morgan fingerprint density at radius 1 is 1.23 bits per heavy atom. The number of hydrogen-bond donors (Lipinski definition) is 1. The average molecular weight is 349 g/mol. The number of carbonyl (C=O) groups is 1. The van der Waals surface area contributed by atoms with Crippen LogP contribution >= 0.6 is 0 Å². The molecule has 1 atom stereocenters. The molecule has 1 fully saturated rings. The number of fused-ring (bicyclic) bond motifs is 2. The zero-order valence-electron chi connectivity index (χ0n) is 13.9. The van der Waals surface area contributed by atoms with Crippen LogP contribution in [0.15, 0.2) is 48.7 Å². The number of pyridine rings is 1. The first-order valence-corrected chi connectivity index (χ1v) is 8.59. The van der Waals surface area contributed by atoms with Gasteiger partial charge in [0.15, 0.2) is 0 Å². The Kier molecular flexibility index (Phi) is 3.28. The Hall–Kier alpha value is -3.22. The summed E-state index contributed by atoms with van der Waals surface area (Å²) >= 11 is 0. The van der Waals surface area contributed by atoms with Gasteiger partial charge in [-0.1, -0.05) is 6.07 Å². The van der Waals surface area contributed by atoms with Crippen LogP contribution in [0.4, 0.5) is 4.39 Å².